The lowest BCUT2D eigenvalue weighted by Gasteiger charge is -2.12. The number of benzene rings is 1. The quantitative estimate of drug-likeness (QED) is 0.834. The average Bonchev–Trinajstić information content (AvgIpc) is 2.26. The topological polar surface area (TPSA) is 55.1 Å². The first-order chi connectivity index (χ1) is 7.95. The Labute approximate surface area is 115 Å². The summed E-state index contributed by atoms with van der Waals surface area (Å²) < 4.78 is 0. The fraction of sp³-hybridized carbons (Fsp3) is 0.364. The highest BCUT2D eigenvalue weighted by molar-refractivity contribution is 6.44. The van der Waals surface area contributed by atoms with Crippen molar-refractivity contribution in [3.63, 3.8) is 0 Å². The molecule has 0 aliphatic rings. The van der Waals surface area contributed by atoms with Crippen molar-refractivity contribution >= 4 is 46.4 Å². The number of hydrogen-bond donors (Lipinski definition) is 2. The maximum absolute atomic E-state index is 11.7. The summed E-state index contributed by atoms with van der Waals surface area (Å²) in [7, 11) is 0. The molecular formula is C11H13Cl3N2O. The fourth-order valence-electron chi connectivity index (χ4n) is 1.26. The third-order valence-corrected chi connectivity index (χ3v) is 3.35. The minimum Gasteiger partial charge on any atom is -0.330 e. The molecule has 1 rings (SSSR count). The Bertz CT molecular complexity index is 423. The van der Waals surface area contributed by atoms with Gasteiger partial charge in [0, 0.05) is 5.92 Å². The molecule has 1 aromatic rings. The van der Waals surface area contributed by atoms with Crippen LogP contribution in [0.25, 0.3) is 0 Å². The molecule has 3 nitrogen and oxygen atoms in total. The number of anilines is 1. The van der Waals surface area contributed by atoms with Gasteiger partial charge < -0.3 is 11.1 Å². The van der Waals surface area contributed by atoms with Crippen molar-refractivity contribution in [1.29, 1.82) is 0 Å². The molecular weight excluding hydrogens is 282 g/mol. The van der Waals surface area contributed by atoms with Gasteiger partial charge in [-0.05, 0) is 25.1 Å². The van der Waals surface area contributed by atoms with Crippen molar-refractivity contribution in [2.24, 2.45) is 11.7 Å². The summed E-state index contributed by atoms with van der Waals surface area (Å²) in [5.74, 6) is -0.318. The van der Waals surface area contributed by atoms with Crippen molar-refractivity contribution < 1.29 is 4.79 Å². The predicted octanol–water partition coefficient (Wildman–Crippen LogP) is 3.57. The minimum atomic E-state index is -0.175. The lowest BCUT2D eigenvalue weighted by molar-refractivity contribution is -0.119. The Hall–Kier alpha value is -0.480. The number of nitrogens with one attached hydrogen (secondary N) is 1. The maximum Gasteiger partial charge on any atom is 0.227 e. The van der Waals surface area contributed by atoms with E-state index in [0.29, 0.717) is 33.7 Å². The summed E-state index contributed by atoms with van der Waals surface area (Å²) in [4.78, 5) is 11.7. The molecule has 0 saturated carbocycles. The third-order valence-electron chi connectivity index (χ3n) is 2.32. The van der Waals surface area contributed by atoms with Crippen LogP contribution in [0.2, 0.25) is 15.1 Å². The molecule has 0 aliphatic carbocycles. The number of rotatable bonds is 4. The van der Waals surface area contributed by atoms with Crippen LogP contribution >= 0.6 is 34.8 Å². The maximum atomic E-state index is 11.7. The summed E-state index contributed by atoms with van der Waals surface area (Å²) in [6.45, 7) is 2.26. The molecule has 0 aromatic heterocycles. The smallest absolute Gasteiger partial charge is 0.227 e. The SMILES string of the molecule is CC(CCN)C(=O)Nc1cc(Cl)c(Cl)cc1Cl. The predicted molar refractivity (Wildman–Crippen MR) is 72.9 cm³/mol. The van der Waals surface area contributed by atoms with Crippen LogP contribution in [0.15, 0.2) is 12.1 Å². The molecule has 3 N–H and O–H groups in total. The molecule has 0 fully saturated rings. The first kappa shape index (κ1) is 14.6. The van der Waals surface area contributed by atoms with Crippen LogP contribution in [-0.2, 0) is 4.79 Å². The van der Waals surface area contributed by atoms with Crippen molar-refractivity contribution in [2.75, 3.05) is 11.9 Å². The van der Waals surface area contributed by atoms with E-state index in [4.69, 9.17) is 40.5 Å². The molecule has 0 radical (unpaired) electrons. The summed E-state index contributed by atoms with van der Waals surface area (Å²) in [6, 6.07) is 3.02. The Morgan fingerprint density at radius 1 is 1.29 bits per heavy atom. The van der Waals surface area contributed by atoms with Crippen LogP contribution in [-0.4, -0.2) is 12.5 Å². The van der Waals surface area contributed by atoms with Crippen LogP contribution in [0.4, 0.5) is 5.69 Å². The fourth-order valence-corrected chi connectivity index (χ4v) is 1.85. The van der Waals surface area contributed by atoms with E-state index in [1.54, 1.807) is 6.92 Å². The number of amides is 1. The molecule has 1 unspecified atom stereocenters. The van der Waals surface area contributed by atoms with E-state index >= 15 is 0 Å². The molecule has 0 saturated heterocycles. The number of hydrogen-bond acceptors (Lipinski definition) is 2. The zero-order chi connectivity index (χ0) is 13.0. The van der Waals surface area contributed by atoms with Gasteiger partial charge in [-0.15, -0.1) is 0 Å². The van der Waals surface area contributed by atoms with Crippen LogP contribution in [0.1, 0.15) is 13.3 Å². The second kappa shape index (κ2) is 6.45. The molecule has 0 heterocycles. The van der Waals surface area contributed by atoms with Gasteiger partial charge in [0.15, 0.2) is 0 Å². The van der Waals surface area contributed by atoms with Gasteiger partial charge in [0.1, 0.15) is 0 Å². The van der Waals surface area contributed by atoms with Gasteiger partial charge in [-0.25, -0.2) is 0 Å². The number of carbonyl (C=O) groups is 1. The second-order valence-electron chi connectivity index (χ2n) is 3.71. The Balaban J connectivity index is 2.81. The van der Waals surface area contributed by atoms with E-state index in [1.165, 1.54) is 12.1 Å². The lowest BCUT2D eigenvalue weighted by Crippen LogP contribution is -2.22. The molecule has 17 heavy (non-hydrogen) atoms. The highest BCUT2D eigenvalue weighted by atomic mass is 35.5. The van der Waals surface area contributed by atoms with Crippen LogP contribution in [0.5, 0.6) is 0 Å². The van der Waals surface area contributed by atoms with E-state index in [2.05, 4.69) is 5.32 Å². The largest absolute Gasteiger partial charge is 0.330 e. The van der Waals surface area contributed by atoms with Gasteiger partial charge in [0.05, 0.1) is 20.8 Å². The Morgan fingerprint density at radius 3 is 2.47 bits per heavy atom. The Morgan fingerprint density at radius 2 is 1.88 bits per heavy atom. The van der Waals surface area contributed by atoms with Gasteiger partial charge in [-0.2, -0.15) is 0 Å². The van der Waals surface area contributed by atoms with Gasteiger partial charge in [-0.1, -0.05) is 41.7 Å². The van der Waals surface area contributed by atoms with Gasteiger partial charge in [0.25, 0.3) is 0 Å². The minimum absolute atomic E-state index is 0.143. The van der Waals surface area contributed by atoms with Crippen molar-refractivity contribution in [1.82, 2.24) is 0 Å². The molecule has 0 aliphatic heterocycles. The zero-order valence-electron chi connectivity index (χ0n) is 9.27. The molecule has 1 aromatic carbocycles. The summed E-state index contributed by atoms with van der Waals surface area (Å²) in [5, 5.41) is 3.74. The molecule has 0 bridgehead atoms. The standard InChI is InChI=1S/C11H13Cl3N2O/c1-6(2-3-15)11(17)16-10-5-8(13)7(12)4-9(10)14/h4-6H,2-3,15H2,1H3,(H,16,17). The van der Waals surface area contributed by atoms with Crippen molar-refractivity contribution in [3.05, 3.63) is 27.2 Å². The molecule has 1 atom stereocenters. The van der Waals surface area contributed by atoms with E-state index in [9.17, 15) is 4.79 Å². The lowest BCUT2D eigenvalue weighted by atomic mass is 10.1. The van der Waals surface area contributed by atoms with E-state index < -0.39 is 0 Å². The highest BCUT2D eigenvalue weighted by Gasteiger charge is 2.14. The van der Waals surface area contributed by atoms with E-state index in [-0.39, 0.29) is 11.8 Å². The molecule has 0 spiro atoms. The van der Waals surface area contributed by atoms with E-state index in [0.717, 1.165) is 0 Å². The number of nitrogens with two attached hydrogens (primary N) is 1. The van der Waals surface area contributed by atoms with Gasteiger partial charge in [-0.3, -0.25) is 4.79 Å². The summed E-state index contributed by atoms with van der Waals surface area (Å²) in [6.07, 6.45) is 0.616. The third kappa shape index (κ3) is 4.03. The highest BCUT2D eigenvalue weighted by Crippen LogP contribution is 2.32. The van der Waals surface area contributed by atoms with Crippen molar-refractivity contribution in [3.8, 4) is 0 Å². The average molecular weight is 296 g/mol. The first-order valence-corrected chi connectivity index (χ1v) is 6.24. The summed E-state index contributed by atoms with van der Waals surface area (Å²) in [5.41, 5.74) is 5.84. The van der Waals surface area contributed by atoms with Crippen LogP contribution in [0.3, 0.4) is 0 Å². The van der Waals surface area contributed by atoms with Gasteiger partial charge in [0.2, 0.25) is 5.91 Å². The summed E-state index contributed by atoms with van der Waals surface area (Å²) >= 11 is 17.6. The normalized spacial score (nSPS) is 12.3. The molecule has 6 heteroatoms. The van der Waals surface area contributed by atoms with Crippen molar-refractivity contribution in [2.45, 2.75) is 13.3 Å². The molecule has 94 valence electrons. The monoisotopic (exact) mass is 294 g/mol. The van der Waals surface area contributed by atoms with Crippen LogP contribution < -0.4 is 11.1 Å². The first-order valence-electron chi connectivity index (χ1n) is 5.11. The molecule has 1 amide bonds. The zero-order valence-corrected chi connectivity index (χ0v) is 11.5. The second-order valence-corrected chi connectivity index (χ2v) is 4.94. The van der Waals surface area contributed by atoms with Gasteiger partial charge >= 0.3 is 0 Å². The van der Waals surface area contributed by atoms with Crippen LogP contribution in [0, 0.1) is 5.92 Å². The van der Waals surface area contributed by atoms with E-state index in [1.807, 2.05) is 0 Å². The number of carbonyl (C=O) groups excluding carboxylic acids is 1. The Kier molecular flexibility index (Phi) is 5.53. The number of halogens is 3.